The van der Waals surface area contributed by atoms with Crippen molar-refractivity contribution >= 4 is 23.1 Å². The van der Waals surface area contributed by atoms with Gasteiger partial charge in [0, 0.05) is 17.1 Å². The van der Waals surface area contributed by atoms with Crippen LogP contribution in [0.25, 0.3) is 0 Å². The molecule has 0 fully saturated rings. The number of halogens is 1. The van der Waals surface area contributed by atoms with Crippen molar-refractivity contribution in [2.45, 2.75) is 6.54 Å². The first kappa shape index (κ1) is 12.5. The summed E-state index contributed by atoms with van der Waals surface area (Å²) in [4.78, 5) is 4.01. The fourth-order valence-corrected chi connectivity index (χ4v) is 1.83. The molecule has 0 saturated heterocycles. The lowest BCUT2D eigenvalue weighted by molar-refractivity contribution is 0.410. The van der Waals surface area contributed by atoms with E-state index in [0.29, 0.717) is 17.4 Å². The molecule has 0 radical (unpaired) electrons. The Balaban J connectivity index is 2.12. The van der Waals surface area contributed by atoms with Crippen LogP contribution in [0.3, 0.4) is 0 Å². The standard InChI is InChI=1S/C13H14ClN3O/c1-18-12-4-2-3-11(14)10(12)8-16-9-5-6-13(15)17-7-9/h2-7,16H,8H2,1H3,(H2,15,17). The van der Waals surface area contributed by atoms with Crippen LogP contribution >= 0.6 is 11.6 Å². The summed E-state index contributed by atoms with van der Waals surface area (Å²) in [6, 6.07) is 9.18. The Labute approximate surface area is 111 Å². The number of nitrogens with one attached hydrogen (secondary N) is 1. The van der Waals surface area contributed by atoms with Crippen LogP contribution in [0, 0.1) is 0 Å². The second kappa shape index (κ2) is 5.60. The van der Waals surface area contributed by atoms with Crippen LogP contribution in [0.4, 0.5) is 11.5 Å². The van der Waals surface area contributed by atoms with Gasteiger partial charge in [0.15, 0.2) is 0 Å². The molecule has 3 N–H and O–H groups in total. The van der Waals surface area contributed by atoms with Crippen LogP contribution < -0.4 is 15.8 Å². The Morgan fingerprint density at radius 2 is 2.17 bits per heavy atom. The lowest BCUT2D eigenvalue weighted by Gasteiger charge is -2.12. The van der Waals surface area contributed by atoms with E-state index in [1.807, 2.05) is 24.3 Å². The van der Waals surface area contributed by atoms with Gasteiger partial charge in [-0.1, -0.05) is 17.7 Å². The Bertz CT molecular complexity index is 528. The molecular formula is C13H14ClN3O. The molecule has 0 saturated carbocycles. The average molecular weight is 264 g/mol. The molecule has 94 valence electrons. The van der Waals surface area contributed by atoms with Gasteiger partial charge in [-0.3, -0.25) is 0 Å². The highest BCUT2D eigenvalue weighted by Gasteiger charge is 2.07. The molecule has 0 spiro atoms. The van der Waals surface area contributed by atoms with E-state index in [1.54, 1.807) is 19.4 Å². The molecule has 18 heavy (non-hydrogen) atoms. The molecule has 2 rings (SSSR count). The van der Waals surface area contributed by atoms with Gasteiger partial charge in [0.05, 0.1) is 19.0 Å². The van der Waals surface area contributed by atoms with Gasteiger partial charge in [-0.25, -0.2) is 4.98 Å². The number of ether oxygens (including phenoxy) is 1. The van der Waals surface area contributed by atoms with Crippen molar-refractivity contribution in [2.24, 2.45) is 0 Å². The summed E-state index contributed by atoms with van der Waals surface area (Å²) >= 11 is 6.14. The van der Waals surface area contributed by atoms with E-state index in [-0.39, 0.29) is 0 Å². The zero-order valence-electron chi connectivity index (χ0n) is 9.98. The average Bonchev–Trinajstić information content (AvgIpc) is 2.39. The number of benzene rings is 1. The minimum Gasteiger partial charge on any atom is -0.496 e. The Kier molecular flexibility index (Phi) is 3.89. The summed E-state index contributed by atoms with van der Waals surface area (Å²) in [5.74, 6) is 1.26. The molecular weight excluding hydrogens is 250 g/mol. The third kappa shape index (κ3) is 2.84. The van der Waals surface area contributed by atoms with Crippen LogP contribution in [0.1, 0.15) is 5.56 Å². The van der Waals surface area contributed by atoms with Crippen molar-refractivity contribution in [2.75, 3.05) is 18.2 Å². The summed E-state index contributed by atoms with van der Waals surface area (Å²) in [6.45, 7) is 0.564. The van der Waals surface area contributed by atoms with Crippen LogP contribution in [0.2, 0.25) is 5.02 Å². The number of hydrogen-bond acceptors (Lipinski definition) is 4. The highest BCUT2D eigenvalue weighted by atomic mass is 35.5. The fourth-order valence-electron chi connectivity index (χ4n) is 1.60. The quantitative estimate of drug-likeness (QED) is 0.890. The first-order chi connectivity index (χ1) is 8.70. The fraction of sp³-hybridized carbons (Fsp3) is 0.154. The molecule has 4 nitrogen and oxygen atoms in total. The lowest BCUT2D eigenvalue weighted by Crippen LogP contribution is -2.03. The number of nitrogen functional groups attached to an aromatic ring is 1. The maximum absolute atomic E-state index is 6.14. The number of hydrogen-bond donors (Lipinski definition) is 2. The Morgan fingerprint density at radius 1 is 1.33 bits per heavy atom. The van der Waals surface area contributed by atoms with E-state index in [4.69, 9.17) is 22.1 Å². The van der Waals surface area contributed by atoms with E-state index in [9.17, 15) is 0 Å². The summed E-state index contributed by atoms with van der Waals surface area (Å²) < 4.78 is 5.27. The van der Waals surface area contributed by atoms with Gasteiger partial charge in [0.1, 0.15) is 11.6 Å². The van der Waals surface area contributed by atoms with Gasteiger partial charge >= 0.3 is 0 Å². The molecule has 0 amide bonds. The molecule has 0 atom stereocenters. The largest absolute Gasteiger partial charge is 0.496 e. The molecule has 0 bridgehead atoms. The third-order valence-electron chi connectivity index (χ3n) is 2.55. The Hall–Kier alpha value is -1.94. The summed E-state index contributed by atoms with van der Waals surface area (Å²) in [5.41, 5.74) is 7.32. The van der Waals surface area contributed by atoms with Gasteiger partial charge in [-0.2, -0.15) is 0 Å². The molecule has 1 heterocycles. The van der Waals surface area contributed by atoms with Crippen molar-refractivity contribution in [3.8, 4) is 5.75 Å². The maximum atomic E-state index is 6.14. The van der Waals surface area contributed by atoms with E-state index in [2.05, 4.69) is 10.3 Å². The van der Waals surface area contributed by atoms with Crippen LogP contribution in [-0.2, 0) is 6.54 Å². The highest BCUT2D eigenvalue weighted by molar-refractivity contribution is 6.31. The summed E-state index contributed by atoms with van der Waals surface area (Å²) in [5, 5.41) is 3.89. The van der Waals surface area contributed by atoms with Gasteiger partial charge in [-0.05, 0) is 24.3 Å². The van der Waals surface area contributed by atoms with Crippen LogP contribution in [0.15, 0.2) is 36.5 Å². The first-order valence-corrected chi connectivity index (χ1v) is 5.85. The summed E-state index contributed by atoms with van der Waals surface area (Å²) in [7, 11) is 1.62. The number of methoxy groups -OCH3 is 1. The van der Waals surface area contributed by atoms with E-state index < -0.39 is 0 Å². The monoisotopic (exact) mass is 263 g/mol. The second-order valence-corrected chi connectivity index (χ2v) is 4.15. The van der Waals surface area contributed by atoms with Crippen LogP contribution in [0.5, 0.6) is 5.75 Å². The molecule has 1 aromatic carbocycles. The lowest BCUT2D eigenvalue weighted by atomic mass is 10.2. The van der Waals surface area contributed by atoms with E-state index in [1.165, 1.54) is 0 Å². The van der Waals surface area contributed by atoms with Crippen molar-refractivity contribution in [1.29, 1.82) is 0 Å². The predicted molar refractivity (Wildman–Crippen MR) is 74.0 cm³/mol. The SMILES string of the molecule is COc1cccc(Cl)c1CNc1ccc(N)nc1. The zero-order chi connectivity index (χ0) is 13.0. The van der Waals surface area contributed by atoms with E-state index in [0.717, 1.165) is 17.0 Å². The third-order valence-corrected chi connectivity index (χ3v) is 2.91. The first-order valence-electron chi connectivity index (χ1n) is 5.47. The number of nitrogens with zero attached hydrogens (tertiary/aromatic N) is 1. The van der Waals surface area contributed by atoms with Gasteiger partial charge < -0.3 is 15.8 Å². The minimum absolute atomic E-state index is 0.496. The Morgan fingerprint density at radius 3 is 2.83 bits per heavy atom. The molecule has 1 aromatic heterocycles. The minimum atomic E-state index is 0.496. The molecule has 0 unspecified atom stereocenters. The maximum Gasteiger partial charge on any atom is 0.125 e. The van der Waals surface area contributed by atoms with Crippen molar-refractivity contribution in [1.82, 2.24) is 4.98 Å². The number of aromatic nitrogens is 1. The molecule has 0 aliphatic carbocycles. The smallest absolute Gasteiger partial charge is 0.125 e. The topological polar surface area (TPSA) is 60.2 Å². The molecule has 0 aliphatic rings. The number of nitrogens with two attached hydrogens (primary N) is 1. The number of anilines is 2. The number of rotatable bonds is 4. The molecule has 2 aromatic rings. The normalized spacial score (nSPS) is 10.1. The van der Waals surface area contributed by atoms with Crippen LogP contribution in [-0.4, -0.2) is 12.1 Å². The number of pyridine rings is 1. The summed E-state index contributed by atoms with van der Waals surface area (Å²) in [6.07, 6.45) is 1.68. The van der Waals surface area contributed by atoms with Crippen molar-refractivity contribution < 1.29 is 4.74 Å². The highest BCUT2D eigenvalue weighted by Crippen LogP contribution is 2.26. The van der Waals surface area contributed by atoms with Crippen molar-refractivity contribution in [3.05, 3.63) is 47.1 Å². The van der Waals surface area contributed by atoms with Gasteiger partial charge in [0.25, 0.3) is 0 Å². The molecule has 0 aliphatic heterocycles. The second-order valence-electron chi connectivity index (χ2n) is 3.75. The predicted octanol–water partition coefficient (Wildman–Crippen LogP) is 2.94. The van der Waals surface area contributed by atoms with Crippen molar-refractivity contribution in [3.63, 3.8) is 0 Å². The zero-order valence-corrected chi connectivity index (χ0v) is 10.7. The molecule has 5 heteroatoms. The van der Waals surface area contributed by atoms with E-state index >= 15 is 0 Å². The van der Waals surface area contributed by atoms with Gasteiger partial charge in [0.2, 0.25) is 0 Å². The van der Waals surface area contributed by atoms with Gasteiger partial charge in [-0.15, -0.1) is 0 Å².